The fourth-order valence-corrected chi connectivity index (χ4v) is 2.39. The molecular formula is C10H10FN5O3S. The number of oxime groups is 1. The van der Waals surface area contributed by atoms with Crippen molar-refractivity contribution in [2.24, 2.45) is 10.9 Å². The van der Waals surface area contributed by atoms with E-state index in [1.54, 1.807) is 0 Å². The Morgan fingerprint density at radius 2 is 2.20 bits per heavy atom. The van der Waals surface area contributed by atoms with E-state index in [4.69, 9.17) is 10.9 Å². The van der Waals surface area contributed by atoms with Crippen molar-refractivity contribution in [3.63, 3.8) is 0 Å². The highest BCUT2D eigenvalue weighted by molar-refractivity contribution is 7.92. The van der Waals surface area contributed by atoms with Gasteiger partial charge in [-0.1, -0.05) is 5.16 Å². The zero-order valence-electron chi connectivity index (χ0n) is 9.91. The Bertz CT molecular complexity index is 742. The summed E-state index contributed by atoms with van der Waals surface area (Å²) >= 11 is 0. The number of benzene rings is 1. The first-order valence-corrected chi connectivity index (χ1v) is 6.72. The van der Waals surface area contributed by atoms with E-state index in [-0.39, 0.29) is 22.1 Å². The first kappa shape index (κ1) is 13.8. The minimum atomic E-state index is -3.95. The second-order valence-corrected chi connectivity index (χ2v) is 5.36. The molecule has 0 amide bonds. The van der Waals surface area contributed by atoms with Crippen LogP contribution in [0.25, 0.3) is 0 Å². The Balaban J connectivity index is 2.32. The van der Waals surface area contributed by atoms with E-state index in [0.717, 1.165) is 12.1 Å². The maximum atomic E-state index is 13.8. The van der Waals surface area contributed by atoms with E-state index in [0.29, 0.717) is 0 Å². The van der Waals surface area contributed by atoms with Gasteiger partial charge < -0.3 is 10.9 Å². The number of nitrogens with one attached hydrogen (secondary N) is 2. The molecule has 0 atom stereocenters. The maximum absolute atomic E-state index is 13.8. The summed E-state index contributed by atoms with van der Waals surface area (Å²) in [6.45, 7) is 0. The molecular weight excluding hydrogens is 289 g/mol. The van der Waals surface area contributed by atoms with Crippen molar-refractivity contribution in [1.82, 2.24) is 10.2 Å². The van der Waals surface area contributed by atoms with Crippen molar-refractivity contribution in [1.29, 1.82) is 0 Å². The van der Waals surface area contributed by atoms with Gasteiger partial charge in [0.15, 0.2) is 10.9 Å². The first-order valence-electron chi connectivity index (χ1n) is 5.23. The molecule has 1 heterocycles. The van der Waals surface area contributed by atoms with E-state index in [1.165, 1.54) is 18.3 Å². The lowest BCUT2D eigenvalue weighted by atomic mass is 10.2. The van der Waals surface area contributed by atoms with Gasteiger partial charge in [-0.25, -0.2) is 4.39 Å². The van der Waals surface area contributed by atoms with E-state index >= 15 is 0 Å². The van der Waals surface area contributed by atoms with Crippen LogP contribution in [-0.2, 0) is 10.0 Å². The third-order valence-corrected chi connectivity index (χ3v) is 3.68. The smallest absolute Gasteiger partial charge is 0.278 e. The van der Waals surface area contributed by atoms with Gasteiger partial charge in [-0.05, 0) is 24.3 Å². The van der Waals surface area contributed by atoms with Gasteiger partial charge in [0.2, 0.25) is 0 Å². The maximum Gasteiger partial charge on any atom is 0.278 e. The molecule has 1 aromatic carbocycles. The van der Waals surface area contributed by atoms with Crippen molar-refractivity contribution >= 4 is 21.5 Å². The third-order valence-electron chi connectivity index (χ3n) is 2.38. The van der Waals surface area contributed by atoms with Crippen LogP contribution >= 0.6 is 0 Å². The molecule has 0 radical (unpaired) electrons. The molecule has 0 saturated heterocycles. The molecule has 5 N–H and O–H groups in total. The average molecular weight is 299 g/mol. The summed E-state index contributed by atoms with van der Waals surface area (Å²) in [5.74, 6) is -1.15. The number of aromatic amines is 1. The molecule has 0 bridgehead atoms. The van der Waals surface area contributed by atoms with Crippen molar-refractivity contribution in [2.45, 2.75) is 5.03 Å². The number of nitrogens with two attached hydrogens (primary N) is 1. The van der Waals surface area contributed by atoms with E-state index < -0.39 is 15.8 Å². The van der Waals surface area contributed by atoms with Gasteiger partial charge >= 0.3 is 0 Å². The highest BCUT2D eigenvalue weighted by Crippen LogP contribution is 2.19. The largest absolute Gasteiger partial charge is 0.409 e. The zero-order chi connectivity index (χ0) is 14.8. The molecule has 2 rings (SSSR count). The fourth-order valence-electron chi connectivity index (χ4n) is 1.41. The van der Waals surface area contributed by atoms with Crippen LogP contribution in [0.15, 0.2) is 40.6 Å². The molecule has 1 aromatic heterocycles. The van der Waals surface area contributed by atoms with Crippen LogP contribution in [-0.4, -0.2) is 29.7 Å². The van der Waals surface area contributed by atoms with E-state index in [2.05, 4.69) is 20.1 Å². The Hall–Kier alpha value is -2.62. The summed E-state index contributed by atoms with van der Waals surface area (Å²) in [5.41, 5.74) is 5.15. The number of sulfonamides is 1. The summed E-state index contributed by atoms with van der Waals surface area (Å²) in [6.07, 6.45) is 1.26. The lowest BCUT2D eigenvalue weighted by Gasteiger charge is -2.08. The number of aromatic nitrogens is 2. The number of nitrogens with zero attached hydrogens (tertiary/aromatic N) is 2. The molecule has 10 heteroatoms. The van der Waals surface area contributed by atoms with Crippen LogP contribution < -0.4 is 10.5 Å². The van der Waals surface area contributed by atoms with Gasteiger partial charge in [0, 0.05) is 5.56 Å². The second-order valence-electron chi connectivity index (χ2n) is 3.71. The number of hydrogen-bond donors (Lipinski definition) is 4. The number of amidine groups is 1. The molecule has 0 aliphatic heterocycles. The van der Waals surface area contributed by atoms with Gasteiger partial charge in [0.05, 0.1) is 11.9 Å². The van der Waals surface area contributed by atoms with Gasteiger partial charge in [0.1, 0.15) is 5.82 Å². The quantitative estimate of drug-likeness (QED) is 0.281. The molecule has 2 aromatic rings. The number of H-pyrrole nitrogens is 1. The van der Waals surface area contributed by atoms with Gasteiger partial charge in [-0.15, -0.1) is 0 Å². The van der Waals surface area contributed by atoms with Crippen LogP contribution in [0, 0.1) is 5.82 Å². The molecule has 0 spiro atoms. The predicted octanol–water partition coefficient (Wildman–Crippen LogP) is 0.444. The van der Waals surface area contributed by atoms with Crippen LogP contribution in [0.1, 0.15) is 5.56 Å². The summed E-state index contributed by atoms with van der Waals surface area (Å²) in [6, 6.07) is 4.64. The van der Waals surface area contributed by atoms with Crippen molar-refractivity contribution in [3.8, 4) is 0 Å². The first-order chi connectivity index (χ1) is 9.44. The Morgan fingerprint density at radius 3 is 2.75 bits per heavy atom. The number of hydrogen-bond acceptors (Lipinski definition) is 5. The predicted molar refractivity (Wildman–Crippen MR) is 68.3 cm³/mol. The highest BCUT2D eigenvalue weighted by atomic mass is 32.2. The Kier molecular flexibility index (Phi) is 3.57. The molecule has 20 heavy (non-hydrogen) atoms. The highest BCUT2D eigenvalue weighted by Gasteiger charge is 2.18. The molecule has 0 fully saturated rings. The second kappa shape index (κ2) is 5.17. The fraction of sp³-hybridized carbons (Fsp3) is 0. The number of halogens is 1. The average Bonchev–Trinajstić information content (AvgIpc) is 2.95. The molecule has 0 aliphatic carbocycles. The lowest BCUT2D eigenvalue weighted by molar-refractivity contribution is 0.318. The van der Waals surface area contributed by atoms with E-state index in [9.17, 15) is 12.8 Å². The third kappa shape index (κ3) is 2.69. The van der Waals surface area contributed by atoms with Crippen molar-refractivity contribution < 1.29 is 18.0 Å². The molecule has 8 nitrogen and oxygen atoms in total. The van der Waals surface area contributed by atoms with Crippen molar-refractivity contribution in [3.05, 3.63) is 41.8 Å². The minimum Gasteiger partial charge on any atom is -0.409 e. The topological polar surface area (TPSA) is 133 Å². The minimum absolute atomic E-state index is 0.120. The lowest BCUT2D eigenvalue weighted by Crippen LogP contribution is -2.16. The SMILES string of the molecule is N/C(=N/O)c1ccc(NS(=O)(=O)c2ccn[nH]2)c(F)c1. The van der Waals surface area contributed by atoms with Gasteiger partial charge in [-0.2, -0.15) is 13.5 Å². The van der Waals surface area contributed by atoms with Gasteiger partial charge in [0.25, 0.3) is 10.0 Å². The normalized spacial score (nSPS) is 12.3. The molecule has 106 valence electrons. The monoisotopic (exact) mass is 299 g/mol. The summed E-state index contributed by atoms with van der Waals surface area (Å²) < 4.78 is 39.5. The summed E-state index contributed by atoms with van der Waals surface area (Å²) in [4.78, 5) is 0. The Morgan fingerprint density at radius 1 is 1.45 bits per heavy atom. The van der Waals surface area contributed by atoms with Crippen LogP contribution in [0.4, 0.5) is 10.1 Å². The zero-order valence-corrected chi connectivity index (χ0v) is 10.7. The summed E-state index contributed by atoms with van der Waals surface area (Å²) in [7, 11) is -3.95. The van der Waals surface area contributed by atoms with Crippen LogP contribution in [0.2, 0.25) is 0 Å². The van der Waals surface area contributed by atoms with E-state index in [1.807, 2.05) is 0 Å². The standard InChI is InChI=1S/C10H10FN5O3S/c11-7-5-6(10(12)15-17)1-2-8(7)16-20(18,19)9-3-4-13-14-9/h1-5,16-17H,(H2,12,15)(H,13,14). The Labute approximate surface area is 113 Å². The van der Waals surface area contributed by atoms with Gasteiger partial charge in [-0.3, -0.25) is 9.82 Å². The summed E-state index contributed by atoms with van der Waals surface area (Å²) in [5, 5.41) is 16.8. The van der Waals surface area contributed by atoms with Crippen molar-refractivity contribution in [2.75, 3.05) is 4.72 Å². The molecule has 0 unspecified atom stereocenters. The molecule has 0 saturated carbocycles. The van der Waals surface area contributed by atoms with Crippen LogP contribution in [0.5, 0.6) is 0 Å². The van der Waals surface area contributed by atoms with Crippen LogP contribution in [0.3, 0.4) is 0 Å². The number of anilines is 1. The number of rotatable bonds is 4. The molecule has 0 aliphatic rings.